The van der Waals surface area contributed by atoms with Crippen molar-refractivity contribution in [2.24, 2.45) is 5.73 Å². The Hall–Kier alpha value is -0.820. The third-order valence-electron chi connectivity index (χ3n) is 2.69. The summed E-state index contributed by atoms with van der Waals surface area (Å²) in [6.45, 7) is 5.14. The molecular formula is C13H21N. The molecule has 1 rings (SSSR count). The molecule has 0 aromatic heterocycles. The predicted octanol–water partition coefficient (Wildman–Crippen LogP) is 3.09. The van der Waals surface area contributed by atoms with Crippen LogP contribution in [0, 0.1) is 0 Å². The van der Waals surface area contributed by atoms with E-state index in [0.717, 1.165) is 6.54 Å². The minimum Gasteiger partial charge on any atom is -0.330 e. The van der Waals surface area contributed by atoms with Gasteiger partial charge in [0.15, 0.2) is 0 Å². The van der Waals surface area contributed by atoms with Crippen molar-refractivity contribution in [3.05, 3.63) is 35.4 Å². The van der Waals surface area contributed by atoms with E-state index in [2.05, 4.69) is 38.1 Å². The molecule has 1 aromatic carbocycles. The summed E-state index contributed by atoms with van der Waals surface area (Å²) in [5, 5.41) is 0. The van der Waals surface area contributed by atoms with Gasteiger partial charge in [-0.05, 0) is 36.4 Å². The molecule has 0 saturated heterocycles. The zero-order valence-corrected chi connectivity index (χ0v) is 9.29. The summed E-state index contributed by atoms with van der Waals surface area (Å²) < 4.78 is 0. The van der Waals surface area contributed by atoms with E-state index in [1.807, 2.05) is 0 Å². The van der Waals surface area contributed by atoms with Gasteiger partial charge in [-0.1, -0.05) is 44.5 Å². The maximum absolute atomic E-state index is 5.65. The Kier molecular flexibility index (Phi) is 4.68. The van der Waals surface area contributed by atoms with Crippen molar-refractivity contribution < 1.29 is 0 Å². The van der Waals surface area contributed by atoms with Crippen LogP contribution < -0.4 is 5.73 Å². The Bertz CT molecular complexity index is 268. The molecular weight excluding hydrogens is 170 g/mol. The zero-order valence-electron chi connectivity index (χ0n) is 9.29. The van der Waals surface area contributed by atoms with Gasteiger partial charge < -0.3 is 5.73 Å². The summed E-state index contributed by atoms with van der Waals surface area (Å²) >= 11 is 0. The van der Waals surface area contributed by atoms with Gasteiger partial charge in [0.05, 0.1) is 0 Å². The van der Waals surface area contributed by atoms with Crippen molar-refractivity contribution in [1.29, 1.82) is 0 Å². The second-order valence-electron chi connectivity index (χ2n) is 3.99. The highest BCUT2D eigenvalue weighted by atomic mass is 14.5. The fraction of sp³-hybridized carbons (Fsp3) is 0.538. The van der Waals surface area contributed by atoms with Gasteiger partial charge in [0.1, 0.15) is 0 Å². The number of hydrogen-bond acceptors (Lipinski definition) is 1. The highest BCUT2D eigenvalue weighted by Crippen LogP contribution is 2.16. The van der Waals surface area contributed by atoms with Crippen LogP contribution in [0.25, 0.3) is 0 Å². The van der Waals surface area contributed by atoms with E-state index in [0.29, 0.717) is 5.92 Å². The van der Waals surface area contributed by atoms with E-state index >= 15 is 0 Å². The van der Waals surface area contributed by atoms with Crippen LogP contribution in [0.4, 0.5) is 0 Å². The molecule has 0 saturated carbocycles. The number of benzene rings is 1. The number of rotatable bonds is 5. The van der Waals surface area contributed by atoms with E-state index in [1.165, 1.54) is 30.4 Å². The first-order valence-corrected chi connectivity index (χ1v) is 5.56. The predicted molar refractivity (Wildman–Crippen MR) is 62.5 cm³/mol. The van der Waals surface area contributed by atoms with Crippen LogP contribution in [-0.2, 0) is 6.42 Å². The first-order valence-electron chi connectivity index (χ1n) is 5.56. The van der Waals surface area contributed by atoms with Crippen molar-refractivity contribution in [3.8, 4) is 0 Å². The lowest BCUT2D eigenvalue weighted by Gasteiger charge is -2.10. The summed E-state index contributed by atoms with van der Waals surface area (Å²) in [5.41, 5.74) is 8.48. The summed E-state index contributed by atoms with van der Waals surface area (Å²) in [6, 6.07) is 8.83. The minimum absolute atomic E-state index is 0.483. The Labute approximate surface area is 87.3 Å². The lowest BCUT2D eigenvalue weighted by molar-refractivity contribution is 0.763. The summed E-state index contributed by atoms with van der Waals surface area (Å²) in [7, 11) is 0. The van der Waals surface area contributed by atoms with Gasteiger partial charge in [0.2, 0.25) is 0 Å². The van der Waals surface area contributed by atoms with Gasteiger partial charge in [-0.2, -0.15) is 0 Å². The van der Waals surface area contributed by atoms with Gasteiger partial charge in [-0.3, -0.25) is 0 Å². The van der Waals surface area contributed by atoms with Crippen LogP contribution in [0.3, 0.4) is 0 Å². The van der Waals surface area contributed by atoms with Crippen LogP contribution in [0.1, 0.15) is 43.7 Å². The van der Waals surface area contributed by atoms with E-state index in [1.54, 1.807) is 0 Å². The average molecular weight is 191 g/mol. The first-order chi connectivity index (χ1) is 6.77. The molecule has 0 bridgehead atoms. The largest absolute Gasteiger partial charge is 0.330 e. The van der Waals surface area contributed by atoms with Gasteiger partial charge >= 0.3 is 0 Å². The maximum atomic E-state index is 5.65. The molecule has 1 aromatic rings. The Balaban J connectivity index is 2.68. The number of unbranched alkanes of at least 4 members (excludes halogenated alkanes) is 1. The number of hydrogen-bond donors (Lipinski definition) is 1. The second kappa shape index (κ2) is 5.82. The van der Waals surface area contributed by atoms with Crippen LogP contribution in [0.2, 0.25) is 0 Å². The molecule has 0 aliphatic carbocycles. The van der Waals surface area contributed by atoms with Crippen molar-refractivity contribution >= 4 is 0 Å². The van der Waals surface area contributed by atoms with Crippen LogP contribution in [-0.4, -0.2) is 6.54 Å². The summed E-state index contributed by atoms with van der Waals surface area (Å²) in [6.07, 6.45) is 3.73. The Morgan fingerprint density at radius 2 is 2.14 bits per heavy atom. The molecule has 0 aliphatic rings. The van der Waals surface area contributed by atoms with Crippen LogP contribution in [0.5, 0.6) is 0 Å². The summed E-state index contributed by atoms with van der Waals surface area (Å²) in [5.74, 6) is 0.483. The van der Waals surface area contributed by atoms with E-state index < -0.39 is 0 Å². The smallest absolute Gasteiger partial charge is 0.00109 e. The lowest BCUT2D eigenvalue weighted by atomic mass is 9.97. The average Bonchev–Trinajstić information content (AvgIpc) is 2.25. The molecule has 1 unspecified atom stereocenters. The molecule has 0 aliphatic heterocycles. The highest BCUT2D eigenvalue weighted by molar-refractivity contribution is 5.26. The molecule has 0 fully saturated rings. The lowest BCUT2D eigenvalue weighted by Crippen LogP contribution is -2.08. The minimum atomic E-state index is 0.483. The number of nitrogens with two attached hydrogens (primary N) is 1. The van der Waals surface area contributed by atoms with Gasteiger partial charge in [0.25, 0.3) is 0 Å². The highest BCUT2D eigenvalue weighted by Gasteiger charge is 2.03. The van der Waals surface area contributed by atoms with E-state index in [-0.39, 0.29) is 0 Å². The molecule has 0 radical (unpaired) electrons. The quantitative estimate of drug-likeness (QED) is 0.760. The zero-order chi connectivity index (χ0) is 10.4. The van der Waals surface area contributed by atoms with Crippen molar-refractivity contribution in [1.82, 2.24) is 0 Å². The maximum Gasteiger partial charge on any atom is -0.00109 e. The molecule has 0 amide bonds. The van der Waals surface area contributed by atoms with Gasteiger partial charge in [-0.15, -0.1) is 0 Å². The van der Waals surface area contributed by atoms with Crippen molar-refractivity contribution in [2.45, 2.75) is 39.0 Å². The second-order valence-corrected chi connectivity index (χ2v) is 3.99. The van der Waals surface area contributed by atoms with Crippen molar-refractivity contribution in [2.75, 3.05) is 6.54 Å². The SMILES string of the molecule is CCCCc1cccc(C(C)CN)c1. The van der Waals surface area contributed by atoms with Gasteiger partial charge in [0, 0.05) is 0 Å². The normalized spacial score (nSPS) is 12.8. The summed E-state index contributed by atoms with van der Waals surface area (Å²) in [4.78, 5) is 0. The fourth-order valence-electron chi connectivity index (χ4n) is 1.57. The molecule has 0 heterocycles. The van der Waals surface area contributed by atoms with Crippen molar-refractivity contribution in [3.63, 3.8) is 0 Å². The van der Waals surface area contributed by atoms with Crippen LogP contribution >= 0.6 is 0 Å². The number of aryl methyl sites for hydroxylation is 1. The molecule has 0 spiro atoms. The third-order valence-corrected chi connectivity index (χ3v) is 2.69. The molecule has 1 heteroatoms. The molecule has 1 atom stereocenters. The topological polar surface area (TPSA) is 26.0 Å². The molecule has 2 N–H and O–H groups in total. The third kappa shape index (κ3) is 3.15. The van der Waals surface area contributed by atoms with E-state index in [9.17, 15) is 0 Å². The molecule has 14 heavy (non-hydrogen) atoms. The molecule has 78 valence electrons. The monoisotopic (exact) mass is 191 g/mol. The standard InChI is InChI=1S/C13H21N/c1-3-4-6-12-7-5-8-13(9-12)11(2)10-14/h5,7-9,11H,3-4,6,10,14H2,1-2H3. The molecule has 1 nitrogen and oxygen atoms in total. The van der Waals surface area contributed by atoms with Gasteiger partial charge in [-0.25, -0.2) is 0 Å². The Morgan fingerprint density at radius 1 is 1.36 bits per heavy atom. The Morgan fingerprint density at radius 3 is 2.79 bits per heavy atom. The fourth-order valence-corrected chi connectivity index (χ4v) is 1.57. The van der Waals surface area contributed by atoms with Crippen LogP contribution in [0.15, 0.2) is 24.3 Å². The van der Waals surface area contributed by atoms with E-state index in [4.69, 9.17) is 5.73 Å². The first kappa shape index (κ1) is 11.3.